The number of esters is 1. The zero-order chi connectivity index (χ0) is 45.9. The van der Waals surface area contributed by atoms with Gasteiger partial charge in [-0.25, -0.2) is 0 Å². The predicted molar refractivity (Wildman–Crippen MR) is 242 cm³/mol. The topological polar surface area (TPSA) is 214 Å². The molecule has 11 atom stereocenters. The van der Waals surface area contributed by atoms with Crippen LogP contribution in [-0.4, -0.2) is 142 Å². The van der Waals surface area contributed by atoms with Gasteiger partial charge in [0, 0.05) is 13.0 Å². The number of hydrogen-bond donors (Lipinski definition) is 7. The maximum atomic E-state index is 13.0. The molecule has 0 radical (unpaired) electrons. The first kappa shape index (κ1) is 56.8. The van der Waals surface area contributed by atoms with Crippen molar-refractivity contribution in [1.29, 1.82) is 0 Å². The molecular formula is C49H84O14. The third-order valence-electron chi connectivity index (χ3n) is 11.0. The van der Waals surface area contributed by atoms with Crippen molar-refractivity contribution < 1.29 is 69.0 Å². The molecule has 0 aromatic heterocycles. The van der Waals surface area contributed by atoms with Crippen molar-refractivity contribution >= 4 is 5.97 Å². The van der Waals surface area contributed by atoms with Crippen LogP contribution in [0.15, 0.2) is 60.8 Å². The summed E-state index contributed by atoms with van der Waals surface area (Å²) in [6, 6.07) is 0. The van der Waals surface area contributed by atoms with Gasteiger partial charge in [-0.2, -0.15) is 0 Å². The molecule has 0 amide bonds. The first-order valence-corrected chi connectivity index (χ1v) is 23.9. The summed E-state index contributed by atoms with van der Waals surface area (Å²) in [5.41, 5.74) is 0. The largest absolute Gasteiger partial charge is 0.457 e. The number of carbonyl (C=O) groups is 1. The Morgan fingerprint density at radius 3 is 1.60 bits per heavy atom. The van der Waals surface area contributed by atoms with Crippen LogP contribution in [0, 0.1) is 0 Å². The number of ether oxygens (including phenoxy) is 6. The number of carbonyl (C=O) groups excluding carboxylic acids is 1. The quantitative estimate of drug-likeness (QED) is 0.0213. The third kappa shape index (κ3) is 25.3. The van der Waals surface area contributed by atoms with E-state index in [4.69, 9.17) is 28.4 Å². The molecule has 2 heterocycles. The van der Waals surface area contributed by atoms with Gasteiger partial charge in [-0.05, 0) is 57.8 Å². The molecule has 2 aliphatic heterocycles. The Bertz CT molecular complexity index is 1270. The lowest BCUT2D eigenvalue weighted by molar-refractivity contribution is -0.332. The van der Waals surface area contributed by atoms with Gasteiger partial charge in [-0.1, -0.05) is 139 Å². The Morgan fingerprint density at radius 2 is 1.03 bits per heavy atom. The van der Waals surface area contributed by atoms with Crippen molar-refractivity contribution in [3.05, 3.63) is 60.8 Å². The molecule has 14 nitrogen and oxygen atoms in total. The minimum atomic E-state index is -1.71. The fourth-order valence-electron chi connectivity index (χ4n) is 7.13. The van der Waals surface area contributed by atoms with Gasteiger partial charge in [0.25, 0.3) is 0 Å². The van der Waals surface area contributed by atoms with Crippen LogP contribution in [0.4, 0.5) is 0 Å². The highest BCUT2D eigenvalue weighted by Gasteiger charge is 2.47. The Labute approximate surface area is 377 Å². The van der Waals surface area contributed by atoms with E-state index in [1.807, 2.05) is 0 Å². The van der Waals surface area contributed by atoms with Gasteiger partial charge < -0.3 is 64.2 Å². The zero-order valence-corrected chi connectivity index (χ0v) is 38.3. The molecule has 14 heteroatoms. The van der Waals surface area contributed by atoms with E-state index < -0.39 is 86.7 Å². The van der Waals surface area contributed by atoms with Crippen molar-refractivity contribution in [2.75, 3.05) is 33.0 Å². The SMILES string of the molecule is CC/C=C\C/C=C\C/C=C\C/C=C\C/C=C\CCCCCC(=O)OC(COCCCCCCCCCCCC)COC1OC(COC2OC(CO)C(O)C(O)C2O)C(O)C(O)C1O. The molecule has 0 aliphatic carbocycles. The monoisotopic (exact) mass is 897 g/mol. The minimum absolute atomic E-state index is 0.0465. The van der Waals surface area contributed by atoms with E-state index in [0.29, 0.717) is 13.0 Å². The van der Waals surface area contributed by atoms with Crippen LogP contribution in [0.25, 0.3) is 0 Å². The summed E-state index contributed by atoms with van der Waals surface area (Å²) in [6.07, 6.45) is 25.8. The summed E-state index contributed by atoms with van der Waals surface area (Å²) >= 11 is 0. The van der Waals surface area contributed by atoms with Gasteiger partial charge >= 0.3 is 5.97 Å². The van der Waals surface area contributed by atoms with Gasteiger partial charge in [0.05, 0.1) is 26.4 Å². The van der Waals surface area contributed by atoms with Crippen molar-refractivity contribution in [2.45, 2.75) is 210 Å². The summed E-state index contributed by atoms with van der Waals surface area (Å²) < 4.78 is 34.1. The summed E-state index contributed by atoms with van der Waals surface area (Å²) in [5, 5.41) is 71.9. The Morgan fingerprint density at radius 1 is 0.540 bits per heavy atom. The van der Waals surface area contributed by atoms with Crippen LogP contribution >= 0.6 is 0 Å². The normalized spacial score (nSPS) is 27.5. The lowest BCUT2D eigenvalue weighted by atomic mass is 9.98. The van der Waals surface area contributed by atoms with E-state index in [1.54, 1.807) is 0 Å². The minimum Gasteiger partial charge on any atom is -0.457 e. The van der Waals surface area contributed by atoms with Crippen LogP contribution in [0.5, 0.6) is 0 Å². The van der Waals surface area contributed by atoms with Gasteiger partial charge in [0.15, 0.2) is 12.6 Å². The van der Waals surface area contributed by atoms with Gasteiger partial charge in [-0.15, -0.1) is 0 Å². The second-order valence-electron chi connectivity index (χ2n) is 16.6. The van der Waals surface area contributed by atoms with Crippen molar-refractivity contribution in [2.24, 2.45) is 0 Å². The lowest BCUT2D eigenvalue weighted by Crippen LogP contribution is -2.61. The molecule has 2 saturated heterocycles. The second-order valence-corrected chi connectivity index (χ2v) is 16.6. The summed E-state index contributed by atoms with van der Waals surface area (Å²) in [7, 11) is 0. The van der Waals surface area contributed by atoms with E-state index in [0.717, 1.165) is 70.6 Å². The Balaban J connectivity index is 1.80. The smallest absolute Gasteiger partial charge is 0.306 e. The van der Waals surface area contributed by atoms with E-state index in [-0.39, 0.29) is 19.6 Å². The Hall–Kier alpha value is -2.31. The molecule has 2 fully saturated rings. The first-order valence-electron chi connectivity index (χ1n) is 23.9. The highest BCUT2D eigenvalue weighted by atomic mass is 16.7. The molecule has 0 aromatic rings. The second kappa shape index (κ2) is 36.9. The predicted octanol–water partition coefficient (Wildman–Crippen LogP) is 6.18. The van der Waals surface area contributed by atoms with E-state index in [9.17, 15) is 40.5 Å². The van der Waals surface area contributed by atoms with Crippen LogP contribution < -0.4 is 0 Å². The molecule has 2 aliphatic rings. The van der Waals surface area contributed by atoms with Gasteiger partial charge in [0.1, 0.15) is 54.9 Å². The molecule has 0 aromatic carbocycles. The van der Waals surface area contributed by atoms with Crippen molar-refractivity contribution in [3.8, 4) is 0 Å². The van der Waals surface area contributed by atoms with Crippen molar-refractivity contribution in [1.82, 2.24) is 0 Å². The van der Waals surface area contributed by atoms with E-state index >= 15 is 0 Å². The molecular weight excluding hydrogens is 813 g/mol. The number of allylic oxidation sites excluding steroid dienone is 10. The van der Waals surface area contributed by atoms with Crippen molar-refractivity contribution in [3.63, 3.8) is 0 Å². The number of aliphatic hydroxyl groups excluding tert-OH is 7. The summed E-state index contributed by atoms with van der Waals surface area (Å²) in [4.78, 5) is 13.0. The van der Waals surface area contributed by atoms with Gasteiger partial charge in [-0.3, -0.25) is 4.79 Å². The standard InChI is InChI=1S/C49H84O14/c1-3-5-7-9-11-13-15-16-17-18-19-20-21-22-23-24-26-28-30-32-41(51)61-38(35-58-33-31-29-27-25-14-12-10-8-6-4-2)36-59-48-47(57)45(55)43(53)40(63-48)37-60-49-46(56)44(54)42(52)39(34-50)62-49/h5,7,11,13,16-17,19-20,22-23,38-40,42-50,52-57H,3-4,6,8-10,12,14-15,18,21,24-37H2,1-2H3/b7-5-,13-11-,17-16-,20-19-,23-22-. The summed E-state index contributed by atoms with van der Waals surface area (Å²) in [5.74, 6) is -0.410. The third-order valence-corrected chi connectivity index (χ3v) is 11.0. The van der Waals surface area contributed by atoms with E-state index in [2.05, 4.69) is 74.6 Å². The first-order chi connectivity index (χ1) is 30.6. The van der Waals surface area contributed by atoms with Crippen LogP contribution in [0.2, 0.25) is 0 Å². The molecule has 7 N–H and O–H groups in total. The lowest BCUT2D eigenvalue weighted by Gasteiger charge is -2.42. The molecule has 0 saturated carbocycles. The average molecular weight is 897 g/mol. The number of unbranched alkanes of at least 4 members (excludes halogenated alkanes) is 12. The molecule has 11 unspecified atom stereocenters. The fraction of sp³-hybridized carbons (Fsp3) is 0.776. The van der Waals surface area contributed by atoms with Crippen LogP contribution in [0.1, 0.15) is 142 Å². The molecule has 364 valence electrons. The molecule has 0 spiro atoms. The Kier molecular flexibility index (Phi) is 33.2. The number of aliphatic hydroxyl groups is 7. The number of rotatable bonds is 36. The fourth-order valence-corrected chi connectivity index (χ4v) is 7.13. The zero-order valence-electron chi connectivity index (χ0n) is 38.3. The average Bonchev–Trinajstić information content (AvgIpc) is 3.28. The molecule has 0 bridgehead atoms. The number of hydrogen-bond acceptors (Lipinski definition) is 14. The maximum Gasteiger partial charge on any atom is 0.306 e. The maximum absolute atomic E-state index is 13.0. The summed E-state index contributed by atoms with van der Waals surface area (Å²) in [6.45, 7) is 3.49. The van der Waals surface area contributed by atoms with E-state index in [1.165, 1.54) is 44.9 Å². The molecule has 63 heavy (non-hydrogen) atoms. The highest BCUT2D eigenvalue weighted by molar-refractivity contribution is 5.69. The van der Waals surface area contributed by atoms with Crippen LogP contribution in [0.3, 0.4) is 0 Å². The van der Waals surface area contributed by atoms with Crippen LogP contribution in [-0.2, 0) is 33.2 Å². The van der Waals surface area contributed by atoms with Gasteiger partial charge in [0.2, 0.25) is 0 Å². The highest BCUT2D eigenvalue weighted by Crippen LogP contribution is 2.26. The molecule has 2 rings (SSSR count).